The van der Waals surface area contributed by atoms with E-state index in [1.165, 1.54) is 13.0 Å². The molecule has 1 heterocycles. The number of carboxylic acid groups (broad SMARTS) is 1. The van der Waals surface area contributed by atoms with E-state index in [2.05, 4.69) is 5.32 Å². The summed E-state index contributed by atoms with van der Waals surface area (Å²) in [5.74, 6) is -0.804. The van der Waals surface area contributed by atoms with Gasteiger partial charge in [-0.05, 0) is 32.4 Å². The van der Waals surface area contributed by atoms with Crippen molar-refractivity contribution in [3.8, 4) is 0 Å². The topological polar surface area (TPSA) is 79.5 Å². The molecule has 1 rings (SSSR count). The van der Waals surface area contributed by atoms with Gasteiger partial charge in [-0.3, -0.25) is 4.79 Å². The SMILES string of the molecule is CCCC(C)(NC(=O)c1ccc(C)o1)C(=O)O. The van der Waals surface area contributed by atoms with Crippen LogP contribution in [0.4, 0.5) is 0 Å². The van der Waals surface area contributed by atoms with Gasteiger partial charge < -0.3 is 14.8 Å². The molecular formula is C12H17NO4. The fourth-order valence-corrected chi connectivity index (χ4v) is 1.59. The van der Waals surface area contributed by atoms with Gasteiger partial charge in [0.05, 0.1) is 0 Å². The minimum Gasteiger partial charge on any atom is -0.480 e. The number of carbonyl (C=O) groups is 2. The van der Waals surface area contributed by atoms with Crippen LogP contribution in [0, 0.1) is 6.92 Å². The predicted octanol–water partition coefficient (Wildman–Crippen LogP) is 1.96. The molecule has 0 aromatic carbocycles. The van der Waals surface area contributed by atoms with E-state index in [1.807, 2.05) is 6.92 Å². The molecule has 0 aliphatic carbocycles. The number of furan rings is 1. The van der Waals surface area contributed by atoms with E-state index in [1.54, 1.807) is 13.0 Å². The van der Waals surface area contributed by atoms with Crippen LogP contribution in [0.2, 0.25) is 0 Å². The Balaban J connectivity index is 2.81. The molecule has 1 amide bonds. The Morgan fingerprint density at radius 3 is 2.53 bits per heavy atom. The van der Waals surface area contributed by atoms with Crippen LogP contribution in [0.5, 0.6) is 0 Å². The molecule has 0 fully saturated rings. The molecule has 0 saturated heterocycles. The lowest BCUT2D eigenvalue weighted by Gasteiger charge is -2.25. The summed E-state index contributed by atoms with van der Waals surface area (Å²) in [6.07, 6.45) is 1.04. The zero-order valence-corrected chi connectivity index (χ0v) is 10.2. The average molecular weight is 239 g/mol. The first-order valence-corrected chi connectivity index (χ1v) is 5.51. The van der Waals surface area contributed by atoms with Crippen LogP contribution < -0.4 is 5.32 Å². The van der Waals surface area contributed by atoms with Gasteiger partial charge in [0.25, 0.3) is 5.91 Å². The molecule has 0 aliphatic rings. The molecule has 5 heteroatoms. The Kier molecular flexibility index (Phi) is 3.93. The second-order valence-corrected chi connectivity index (χ2v) is 4.25. The largest absolute Gasteiger partial charge is 0.480 e. The zero-order valence-electron chi connectivity index (χ0n) is 10.2. The van der Waals surface area contributed by atoms with Gasteiger partial charge in [-0.15, -0.1) is 0 Å². The number of hydrogen-bond acceptors (Lipinski definition) is 3. The quantitative estimate of drug-likeness (QED) is 0.823. The Bertz CT molecular complexity index is 424. The van der Waals surface area contributed by atoms with Crippen molar-refractivity contribution in [1.29, 1.82) is 0 Å². The van der Waals surface area contributed by atoms with E-state index in [4.69, 9.17) is 9.52 Å². The van der Waals surface area contributed by atoms with Crippen molar-refractivity contribution in [3.63, 3.8) is 0 Å². The first-order chi connectivity index (χ1) is 7.89. The Morgan fingerprint density at radius 1 is 1.47 bits per heavy atom. The lowest BCUT2D eigenvalue weighted by molar-refractivity contribution is -0.144. The Labute approximate surface area is 99.8 Å². The van der Waals surface area contributed by atoms with Crippen LogP contribution >= 0.6 is 0 Å². The first kappa shape index (κ1) is 13.3. The first-order valence-electron chi connectivity index (χ1n) is 5.51. The maximum absolute atomic E-state index is 11.8. The van der Waals surface area contributed by atoms with Gasteiger partial charge in [0.15, 0.2) is 5.76 Å². The lowest BCUT2D eigenvalue weighted by atomic mass is 9.96. The monoisotopic (exact) mass is 239 g/mol. The molecule has 0 spiro atoms. The summed E-state index contributed by atoms with van der Waals surface area (Å²) in [5.41, 5.74) is -1.26. The van der Waals surface area contributed by atoms with Gasteiger partial charge in [-0.2, -0.15) is 0 Å². The van der Waals surface area contributed by atoms with E-state index < -0.39 is 17.4 Å². The van der Waals surface area contributed by atoms with E-state index in [0.29, 0.717) is 18.6 Å². The third kappa shape index (κ3) is 3.09. The van der Waals surface area contributed by atoms with Crippen molar-refractivity contribution in [2.75, 3.05) is 0 Å². The highest BCUT2D eigenvalue weighted by atomic mass is 16.4. The molecule has 0 saturated carbocycles. The predicted molar refractivity (Wildman–Crippen MR) is 61.9 cm³/mol. The number of amides is 1. The van der Waals surface area contributed by atoms with E-state index in [-0.39, 0.29) is 5.76 Å². The molecule has 1 aromatic heterocycles. The highest BCUT2D eigenvalue weighted by Gasteiger charge is 2.34. The fourth-order valence-electron chi connectivity index (χ4n) is 1.59. The number of nitrogens with one attached hydrogen (secondary N) is 1. The van der Waals surface area contributed by atoms with Crippen molar-refractivity contribution in [2.24, 2.45) is 0 Å². The molecule has 2 N–H and O–H groups in total. The molecule has 1 aromatic rings. The van der Waals surface area contributed by atoms with Crippen LogP contribution in [0.1, 0.15) is 43.0 Å². The third-order valence-electron chi connectivity index (χ3n) is 2.58. The minimum atomic E-state index is -1.26. The maximum atomic E-state index is 11.8. The van der Waals surface area contributed by atoms with E-state index in [0.717, 1.165) is 0 Å². The highest BCUT2D eigenvalue weighted by Crippen LogP contribution is 2.15. The minimum absolute atomic E-state index is 0.131. The smallest absolute Gasteiger partial charge is 0.329 e. The van der Waals surface area contributed by atoms with Crippen molar-refractivity contribution in [1.82, 2.24) is 5.32 Å². The summed E-state index contributed by atoms with van der Waals surface area (Å²) >= 11 is 0. The highest BCUT2D eigenvalue weighted by molar-refractivity contribution is 5.95. The maximum Gasteiger partial charge on any atom is 0.329 e. The van der Waals surface area contributed by atoms with Crippen LogP contribution in [-0.4, -0.2) is 22.5 Å². The number of aryl methyl sites for hydroxylation is 1. The molecular weight excluding hydrogens is 222 g/mol. The molecule has 94 valence electrons. The van der Waals surface area contributed by atoms with Crippen molar-refractivity contribution >= 4 is 11.9 Å². The molecule has 0 radical (unpaired) electrons. The van der Waals surface area contributed by atoms with Crippen molar-refractivity contribution in [3.05, 3.63) is 23.7 Å². The van der Waals surface area contributed by atoms with Gasteiger partial charge in [-0.25, -0.2) is 4.79 Å². The van der Waals surface area contributed by atoms with Gasteiger partial charge in [-0.1, -0.05) is 13.3 Å². The number of hydrogen-bond donors (Lipinski definition) is 2. The third-order valence-corrected chi connectivity index (χ3v) is 2.58. The fraction of sp³-hybridized carbons (Fsp3) is 0.500. The standard InChI is InChI=1S/C12H17NO4/c1-4-7-12(3,11(15)16)13-10(14)9-6-5-8(2)17-9/h5-6H,4,7H2,1-3H3,(H,13,14)(H,15,16). The van der Waals surface area contributed by atoms with E-state index in [9.17, 15) is 9.59 Å². The molecule has 5 nitrogen and oxygen atoms in total. The summed E-state index contributed by atoms with van der Waals surface area (Å²) in [6, 6.07) is 3.19. The molecule has 17 heavy (non-hydrogen) atoms. The average Bonchev–Trinajstić information content (AvgIpc) is 2.65. The lowest BCUT2D eigenvalue weighted by Crippen LogP contribution is -2.52. The summed E-state index contributed by atoms with van der Waals surface area (Å²) in [5, 5.41) is 11.6. The van der Waals surface area contributed by atoms with Gasteiger partial charge in [0.2, 0.25) is 0 Å². The van der Waals surface area contributed by atoms with Gasteiger partial charge >= 0.3 is 5.97 Å². The zero-order chi connectivity index (χ0) is 13.1. The van der Waals surface area contributed by atoms with E-state index >= 15 is 0 Å². The van der Waals surface area contributed by atoms with Crippen LogP contribution in [0.3, 0.4) is 0 Å². The van der Waals surface area contributed by atoms with Crippen LogP contribution in [-0.2, 0) is 4.79 Å². The Hall–Kier alpha value is -1.78. The van der Waals surface area contributed by atoms with Gasteiger partial charge in [0.1, 0.15) is 11.3 Å². The number of carbonyl (C=O) groups excluding carboxylic acids is 1. The van der Waals surface area contributed by atoms with Crippen molar-refractivity contribution < 1.29 is 19.1 Å². The molecule has 1 unspecified atom stereocenters. The second kappa shape index (κ2) is 5.03. The Morgan fingerprint density at radius 2 is 2.12 bits per heavy atom. The van der Waals surface area contributed by atoms with Crippen LogP contribution in [0.15, 0.2) is 16.5 Å². The summed E-state index contributed by atoms with van der Waals surface area (Å²) in [6.45, 7) is 5.08. The summed E-state index contributed by atoms with van der Waals surface area (Å²) < 4.78 is 5.14. The normalized spacial score (nSPS) is 14.1. The summed E-state index contributed by atoms with van der Waals surface area (Å²) in [4.78, 5) is 22.9. The molecule has 0 bridgehead atoms. The molecule has 1 atom stereocenters. The van der Waals surface area contributed by atoms with Crippen molar-refractivity contribution in [2.45, 2.75) is 39.2 Å². The second-order valence-electron chi connectivity index (χ2n) is 4.25. The molecule has 0 aliphatic heterocycles. The summed E-state index contributed by atoms with van der Waals surface area (Å²) in [7, 11) is 0. The van der Waals surface area contributed by atoms with Gasteiger partial charge in [0, 0.05) is 0 Å². The number of aliphatic carboxylic acids is 1. The number of rotatable bonds is 5. The van der Waals surface area contributed by atoms with Crippen LogP contribution in [0.25, 0.3) is 0 Å². The number of carboxylic acids is 1.